The second-order valence-corrected chi connectivity index (χ2v) is 9.21. The van der Waals surface area contributed by atoms with Crippen LogP contribution in [0.15, 0.2) is 84.9 Å². The third kappa shape index (κ3) is 3.72. The highest BCUT2D eigenvalue weighted by Crippen LogP contribution is 2.43. The van der Waals surface area contributed by atoms with Crippen LogP contribution in [0.5, 0.6) is 0 Å². The van der Waals surface area contributed by atoms with Crippen LogP contribution < -0.4 is 0 Å². The van der Waals surface area contributed by atoms with Gasteiger partial charge < -0.3 is 0 Å². The molecule has 0 saturated carbocycles. The van der Waals surface area contributed by atoms with Crippen LogP contribution in [0.3, 0.4) is 0 Å². The van der Waals surface area contributed by atoms with Gasteiger partial charge in [-0.3, -0.25) is 0 Å². The Labute approximate surface area is 187 Å². The molecule has 0 saturated heterocycles. The van der Waals surface area contributed by atoms with Crippen LogP contribution in [0, 0.1) is 27.7 Å². The van der Waals surface area contributed by atoms with Gasteiger partial charge in [-0.15, -0.1) is 0 Å². The van der Waals surface area contributed by atoms with E-state index in [1.807, 2.05) is 0 Å². The minimum atomic E-state index is -0.153. The zero-order chi connectivity index (χ0) is 22.2. The number of hydrogen-bond donors (Lipinski definition) is 0. The average Bonchev–Trinajstić information content (AvgIpc) is 2.77. The Morgan fingerprint density at radius 1 is 0.419 bits per heavy atom. The summed E-state index contributed by atoms with van der Waals surface area (Å²) in [6, 6.07) is 31.1. The Morgan fingerprint density at radius 2 is 0.774 bits per heavy atom. The van der Waals surface area contributed by atoms with E-state index in [4.69, 9.17) is 0 Å². The zero-order valence-corrected chi connectivity index (χ0v) is 19.6. The van der Waals surface area contributed by atoms with E-state index in [2.05, 4.69) is 126 Å². The van der Waals surface area contributed by atoms with Crippen LogP contribution in [0.4, 0.5) is 0 Å². The van der Waals surface area contributed by atoms with E-state index >= 15 is 0 Å². The van der Waals surface area contributed by atoms with Crippen LogP contribution >= 0.6 is 0 Å². The molecule has 0 N–H and O–H groups in total. The molecule has 0 heteroatoms. The molecule has 0 amide bonds. The predicted octanol–water partition coefficient (Wildman–Crippen LogP) is 8.58. The van der Waals surface area contributed by atoms with E-state index in [0.29, 0.717) is 0 Å². The van der Waals surface area contributed by atoms with Gasteiger partial charge in [-0.1, -0.05) is 98.8 Å². The van der Waals surface area contributed by atoms with Gasteiger partial charge in [0.2, 0.25) is 0 Å². The van der Waals surface area contributed by atoms with Gasteiger partial charge in [-0.2, -0.15) is 0 Å². The largest absolute Gasteiger partial charge is 0.0619 e. The lowest BCUT2D eigenvalue weighted by atomic mass is 9.72. The maximum Gasteiger partial charge on any atom is 0.0158 e. The summed E-state index contributed by atoms with van der Waals surface area (Å²) in [6.45, 7) is 13.6. The van der Waals surface area contributed by atoms with Crippen molar-refractivity contribution in [3.63, 3.8) is 0 Å². The van der Waals surface area contributed by atoms with E-state index in [1.165, 1.54) is 55.6 Å². The molecule has 0 fully saturated rings. The van der Waals surface area contributed by atoms with Crippen molar-refractivity contribution in [2.45, 2.75) is 47.0 Å². The highest BCUT2D eigenvalue weighted by Gasteiger charge is 2.29. The molecule has 0 aromatic heterocycles. The van der Waals surface area contributed by atoms with Crippen LogP contribution in [-0.2, 0) is 5.41 Å². The average molecular weight is 405 g/mol. The van der Waals surface area contributed by atoms with Crippen LogP contribution in [-0.4, -0.2) is 0 Å². The first kappa shape index (κ1) is 21.1. The maximum absolute atomic E-state index is 2.36. The molecule has 0 radical (unpaired) electrons. The molecule has 0 nitrogen and oxygen atoms in total. The summed E-state index contributed by atoms with van der Waals surface area (Å²) in [4.78, 5) is 0. The Hall–Kier alpha value is -3.12. The van der Waals surface area contributed by atoms with Gasteiger partial charge in [-0.25, -0.2) is 0 Å². The van der Waals surface area contributed by atoms with E-state index < -0.39 is 0 Å². The lowest BCUT2D eigenvalue weighted by Gasteiger charge is -2.32. The number of rotatable bonds is 4. The van der Waals surface area contributed by atoms with Gasteiger partial charge in [0.1, 0.15) is 0 Å². The van der Waals surface area contributed by atoms with Gasteiger partial charge in [0.05, 0.1) is 0 Å². The standard InChI is InChI=1S/C31H32/c1-21-13-11-17-25(23(21)3)27-15-7-9-19-29(27)31(5,6)30-20-10-8-16-28(30)26-18-12-14-22(2)24(26)4/h7-20H,1-6H3. The molecule has 0 bridgehead atoms. The normalized spacial score (nSPS) is 11.5. The molecule has 4 aromatic carbocycles. The molecule has 4 aromatic rings. The van der Waals surface area contributed by atoms with Gasteiger partial charge >= 0.3 is 0 Å². The predicted molar refractivity (Wildman–Crippen MR) is 135 cm³/mol. The van der Waals surface area contributed by atoms with Crippen molar-refractivity contribution >= 4 is 0 Å². The number of benzene rings is 4. The highest BCUT2D eigenvalue weighted by molar-refractivity contribution is 5.77. The molecule has 0 unspecified atom stereocenters. The Morgan fingerprint density at radius 3 is 1.19 bits per heavy atom. The van der Waals surface area contributed by atoms with Gasteiger partial charge in [0, 0.05) is 5.41 Å². The van der Waals surface area contributed by atoms with Crippen LogP contribution in [0.25, 0.3) is 22.3 Å². The number of aryl methyl sites for hydroxylation is 2. The minimum Gasteiger partial charge on any atom is -0.0619 e. The fourth-order valence-electron chi connectivity index (χ4n) is 4.76. The summed E-state index contributed by atoms with van der Waals surface area (Å²) in [7, 11) is 0. The third-order valence-electron chi connectivity index (χ3n) is 6.99. The van der Waals surface area contributed by atoms with Gasteiger partial charge in [-0.05, 0) is 83.3 Å². The van der Waals surface area contributed by atoms with Crippen molar-refractivity contribution < 1.29 is 0 Å². The molecule has 4 rings (SSSR count). The molecule has 156 valence electrons. The highest BCUT2D eigenvalue weighted by atomic mass is 14.3. The molecule has 0 aliphatic heterocycles. The molecule has 0 spiro atoms. The van der Waals surface area contributed by atoms with Crippen molar-refractivity contribution in [3.05, 3.63) is 118 Å². The quantitative estimate of drug-likeness (QED) is 0.319. The van der Waals surface area contributed by atoms with Crippen molar-refractivity contribution in [3.8, 4) is 22.3 Å². The zero-order valence-electron chi connectivity index (χ0n) is 19.6. The van der Waals surface area contributed by atoms with Crippen molar-refractivity contribution in [1.82, 2.24) is 0 Å². The summed E-state index contributed by atoms with van der Waals surface area (Å²) in [5.74, 6) is 0. The van der Waals surface area contributed by atoms with Crippen LogP contribution in [0.2, 0.25) is 0 Å². The first-order valence-electron chi connectivity index (χ1n) is 11.1. The van der Waals surface area contributed by atoms with E-state index in [1.54, 1.807) is 0 Å². The number of hydrogen-bond acceptors (Lipinski definition) is 0. The van der Waals surface area contributed by atoms with Crippen molar-refractivity contribution in [2.24, 2.45) is 0 Å². The lowest BCUT2D eigenvalue weighted by molar-refractivity contribution is 0.644. The molecule has 31 heavy (non-hydrogen) atoms. The van der Waals surface area contributed by atoms with Gasteiger partial charge in [0.25, 0.3) is 0 Å². The molecule has 0 atom stereocenters. The van der Waals surface area contributed by atoms with Gasteiger partial charge in [0.15, 0.2) is 0 Å². The third-order valence-corrected chi connectivity index (χ3v) is 6.99. The van der Waals surface area contributed by atoms with E-state index in [-0.39, 0.29) is 5.41 Å². The topological polar surface area (TPSA) is 0 Å². The molecular formula is C31H32. The maximum atomic E-state index is 2.36. The minimum absolute atomic E-state index is 0.153. The van der Waals surface area contributed by atoms with Crippen LogP contribution in [0.1, 0.15) is 47.2 Å². The van der Waals surface area contributed by atoms with E-state index in [0.717, 1.165) is 0 Å². The van der Waals surface area contributed by atoms with E-state index in [9.17, 15) is 0 Å². The second-order valence-electron chi connectivity index (χ2n) is 9.21. The summed E-state index contributed by atoms with van der Waals surface area (Å²) >= 11 is 0. The Balaban J connectivity index is 1.95. The second kappa shape index (κ2) is 8.19. The van der Waals surface area contributed by atoms with Crippen molar-refractivity contribution in [1.29, 1.82) is 0 Å². The monoisotopic (exact) mass is 404 g/mol. The summed E-state index contributed by atoms with van der Waals surface area (Å²) in [5, 5.41) is 0. The summed E-state index contributed by atoms with van der Waals surface area (Å²) in [6.07, 6.45) is 0. The SMILES string of the molecule is Cc1cccc(-c2ccccc2C(C)(C)c2ccccc2-c2cccc(C)c2C)c1C. The Kier molecular flexibility index (Phi) is 5.58. The summed E-state index contributed by atoms with van der Waals surface area (Å²) < 4.78 is 0. The first-order valence-corrected chi connectivity index (χ1v) is 11.1. The van der Waals surface area contributed by atoms with Crippen molar-refractivity contribution in [2.75, 3.05) is 0 Å². The lowest BCUT2D eigenvalue weighted by Crippen LogP contribution is -2.21. The Bertz CT molecular complexity index is 1140. The molecule has 0 heterocycles. The fraction of sp³-hybridized carbons (Fsp3) is 0.226. The smallest absolute Gasteiger partial charge is 0.0158 e. The first-order chi connectivity index (χ1) is 14.8. The molecular weight excluding hydrogens is 372 g/mol. The fourth-order valence-corrected chi connectivity index (χ4v) is 4.76. The summed E-state index contributed by atoms with van der Waals surface area (Å²) in [5.41, 5.74) is 13.3. The molecule has 0 aliphatic rings. The molecule has 0 aliphatic carbocycles.